The van der Waals surface area contributed by atoms with Crippen molar-refractivity contribution in [1.82, 2.24) is 9.55 Å². The summed E-state index contributed by atoms with van der Waals surface area (Å²) >= 11 is 0. The molecule has 2 N–H and O–H groups in total. The van der Waals surface area contributed by atoms with Gasteiger partial charge in [-0.1, -0.05) is 31.4 Å². The number of carbonyl (C=O) groups excluding carboxylic acids is 1. The minimum atomic E-state index is -0.0824. The number of nitrogens with zero attached hydrogens (tertiary/aromatic N) is 2. The number of amides is 1. The Morgan fingerprint density at radius 2 is 2.00 bits per heavy atom. The molecule has 0 aliphatic heterocycles. The lowest BCUT2D eigenvalue weighted by Crippen LogP contribution is -2.15. The van der Waals surface area contributed by atoms with Gasteiger partial charge in [-0.2, -0.15) is 0 Å². The van der Waals surface area contributed by atoms with E-state index in [0.29, 0.717) is 12.5 Å². The molecule has 5 nitrogen and oxygen atoms in total. The van der Waals surface area contributed by atoms with Gasteiger partial charge in [0.2, 0.25) is 5.91 Å². The zero-order valence-corrected chi connectivity index (χ0v) is 15.6. The van der Waals surface area contributed by atoms with Gasteiger partial charge >= 0.3 is 0 Å². The Labute approximate surface area is 159 Å². The number of aromatic hydroxyl groups is 1. The van der Waals surface area contributed by atoms with Crippen LogP contribution in [0.15, 0.2) is 42.5 Å². The van der Waals surface area contributed by atoms with Crippen molar-refractivity contribution in [3.63, 3.8) is 0 Å². The molecule has 140 valence electrons. The van der Waals surface area contributed by atoms with Crippen LogP contribution in [0, 0.1) is 0 Å². The predicted molar refractivity (Wildman–Crippen MR) is 107 cm³/mol. The summed E-state index contributed by atoms with van der Waals surface area (Å²) in [6, 6.07) is 13.8. The second-order valence-electron chi connectivity index (χ2n) is 7.42. The fraction of sp³-hybridized carbons (Fsp3) is 0.364. The first-order chi connectivity index (χ1) is 13.1. The van der Waals surface area contributed by atoms with Crippen molar-refractivity contribution in [2.45, 2.75) is 51.5 Å². The van der Waals surface area contributed by atoms with Crippen molar-refractivity contribution < 1.29 is 9.90 Å². The smallest absolute Gasteiger partial charge is 0.221 e. The van der Waals surface area contributed by atoms with Crippen molar-refractivity contribution in [2.75, 3.05) is 5.32 Å². The first-order valence-corrected chi connectivity index (χ1v) is 9.66. The topological polar surface area (TPSA) is 67.2 Å². The quantitative estimate of drug-likeness (QED) is 0.700. The molecule has 2 aromatic carbocycles. The van der Waals surface area contributed by atoms with E-state index >= 15 is 0 Å². The highest BCUT2D eigenvalue weighted by molar-refractivity contribution is 5.91. The highest BCUT2D eigenvalue weighted by Gasteiger charge is 2.22. The molecule has 27 heavy (non-hydrogen) atoms. The number of aromatic nitrogens is 2. The SMILES string of the molecule is CC(=O)Nc1ccc2c(c1)nc(Cc1cccc(O)c1)n2C1CCCCC1. The number of carbonyl (C=O) groups is 1. The first kappa shape index (κ1) is 17.6. The lowest BCUT2D eigenvalue weighted by molar-refractivity contribution is -0.114. The Morgan fingerprint density at radius 1 is 1.19 bits per heavy atom. The molecule has 0 bridgehead atoms. The van der Waals surface area contributed by atoms with Crippen LogP contribution >= 0.6 is 0 Å². The van der Waals surface area contributed by atoms with E-state index < -0.39 is 0 Å². The van der Waals surface area contributed by atoms with Crippen LogP contribution in [0.25, 0.3) is 11.0 Å². The summed E-state index contributed by atoms with van der Waals surface area (Å²) in [6.07, 6.45) is 6.82. The van der Waals surface area contributed by atoms with Gasteiger partial charge in [0.15, 0.2) is 0 Å². The van der Waals surface area contributed by atoms with E-state index in [2.05, 4.69) is 16.0 Å². The van der Waals surface area contributed by atoms with E-state index in [0.717, 1.165) is 28.1 Å². The number of benzene rings is 2. The second kappa shape index (κ2) is 7.43. The van der Waals surface area contributed by atoms with E-state index in [-0.39, 0.29) is 11.7 Å². The Hall–Kier alpha value is -2.82. The van der Waals surface area contributed by atoms with E-state index in [9.17, 15) is 9.90 Å². The van der Waals surface area contributed by atoms with Crippen LogP contribution in [0.2, 0.25) is 0 Å². The summed E-state index contributed by atoms with van der Waals surface area (Å²) in [4.78, 5) is 16.3. The maximum atomic E-state index is 11.4. The molecular formula is C22H25N3O2. The molecule has 1 amide bonds. The van der Waals surface area contributed by atoms with Crippen molar-refractivity contribution in [2.24, 2.45) is 0 Å². The minimum absolute atomic E-state index is 0.0824. The van der Waals surface area contributed by atoms with Gasteiger partial charge in [-0.25, -0.2) is 4.98 Å². The van der Waals surface area contributed by atoms with Crippen molar-refractivity contribution in [3.8, 4) is 5.75 Å². The molecule has 0 unspecified atom stereocenters. The Morgan fingerprint density at radius 3 is 2.74 bits per heavy atom. The third-order valence-corrected chi connectivity index (χ3v) is 5.30. The molecule has 5 heteroatoms. The Balaban J connectivity index is 1.77. The third kappa shape index (κ3) is 3.82. The molecule has 0 saturated heterocycles. The summed E-state index contributed by atoms with van der Waals surface area (Å²) < 4.78 is 2.39. The van der Waals surface area contributed by atoms with Gasteiger partial charge in [0, 0.05) is 25.1 Å². The number of phenols is 1. The first-order valence-electron chi connectivity index (χ1n) is 9.66. The predicted octanol–water partition coefficient (Wildman–Crippen LogP) is 4.80. The van der Waals surface area contributed by atoms with E-state index in [4.69, 9.17) is 4.98 Å². The molecule has 0 atom stereocenters. The maximum Gasteiger partial charge on any atom is 0.221 e. The number of nitrogens with one attached hydrogen (secondary N) is 1. The highest BCUT2D eigenvalue weighted by atomic mass is 16.3. The van der Waals surface area contributed by atoms with Gasteiger partial charge in [0.25, 0.3) is 0 Å². The van der Waals surface area contributed by atoms with Crippen LogP contribution in [0.1, 0.15) is 56.5 Å². The van der Waals surface area contributed by atoms with Gasteiger partial charge in [-0.3, -0.25) is 4.79 Å². The molecule has 3 aromatic rings. The van der Waals surface area contributed by atoms with Gasteiger partial charge in [-0.05, 0) is 48.7 Å². The van der Waals surface area contributed by atoms with Crippen LogP contribution in [0.3, 0.4) is 0 Å². The zero-order chi connectivity index (χ0) is 18.8. The van der Waals surface area contributed by atoms with Crippen molar-refractivity contribution in [1.29, 1.82) is 0 Å². The Bertz CT molecular complexity index is 971. The zero-order valence-electron chi connectivity index (χ0n) is 15.6. The maximum absolute atomic E-state index is 11.4. The van der Waals surface area contributed by atoms with E-state index in [1.807, 2.05) is 24.3 Å². The lowest BCUT2D eigenvalue weighted by Gasteiger charge is -2.25. The van der Waals surface area contributed by atoms with Crippen molar-refractivity contribution in [3.05, 3.63) is 53.9 Å². The van der Waals surface area contributed by atoms with Gasteiger partial charge in [-0.15, -0.1) is 0 Å². The number of imidazole rings is 1. The molecule has 1 aliphatic rings. The van der Waals surface area contributed by atoms with Crippen LogP contribution in [0.4, 0.5) is 5.69 Å². The monoisotopic (exact) mass is 363 g/mol. The molecular weight excluding hydrogens is 338 g/mol. The van der Waals surface area contributed by atoms with Gasteiger partial charge < -0.3 is 15.0 Å². The normalized spacial score (nSPS) is 15.1. The molecule has 1 heterocycles. The summed E-state index contributed by atoms with van der Waals surface area (Å²) in [6.45, 7) is 1.51. The average molecular weight is 363 g/mol. The van der Waals surface area contributed by atoms with E-state index in [1.165, 1.54) is 39.0 Å². The van der Waals surface area contributed by atoms with Crippen LogP contribution in [-0.2, 0) is 11.2 Å². The number of phenolic OH excluding ortho intramolecular Hbond substituents is 1. The second-order valence-corrected chi connectivity index (χ2v) is 7.42. The summed E-state index contributed by atoms with van der Waals surface area (Å²) in [5.41, 5.74) is 3.84. The van der Waals surface area contributed by atoms with Crippen molar-refractivity contribution >= 4 is 22.6 Å². The third-order valence-electron chi connectivity index (χ3n) is 5.30. The molecule has 1 fully saturated rings. The van der Waals surface area contributed by atoms with Crippen LogP contribution in [-0.4, -0.2) is 20.6 Å². The van der Waals surface area contributed by atoms with Crippen LogP contribution < -0.4 is 5.32 Å². The number of hydrogen-bond acceptors (Lipinski definition) is 3. The van der Waals surface area contributed by atoms with Gasteiger partial charge in [0.1, 0.15) is 11.6 Å². The largest absolute Gasteiger partial charge is 0.508 e. The van der Waals surface area contributed by atoms with Crippen LogP contribution in [0.5, 0.6) is 5.75 Å². The van der Waals surface area contributed by atoms with Gasteiger partial charge in [0.05, 0.1) is 11.0 Å². The lowest BCUT2D eigenvalue weighted by atomic mass is 9.95. The number of anilines is 1. The molecule has 1 aromatic heterocycles. The molecule has 4 rings (SSSR count). The molecule has 1 aliphatic carbocycles. The molecule has 1 saturated carbocycles. The standard InChI is InChI=1S/C22H25N3O2/c1-15(26)23-17-10-11-21-20(14-17)24-22(13-16-6-5-9-19(27)12-16)25(21)18-7-3-2-4-8-18/h5-6,9-12,14,18,27H,2-4,7-8,13H2,1H3,(H,23,26). The summed E-state index contributed by atoms with van der Waals surface area (Å²) in [5.74, 6) is 1.21. The minimum Gasteiger partial charge on any atom is -0.508 e. The number of rotatable bonds is 4. The Kier molecular flexibility index (Phi) is 4.84. The molecule has 0 radical (unpaired) electrons. The summed E-state index contributed by atoms with van der Waals surface area (Å²) in [5, 5.41) is 12.6. The average Bonchev–Trinajstić information content (AvgIpc) is 2.99. The highest BCUT2D eigenvalue weighted by Crippen LogP contribution is 2.34. The van der Waals surface area contributed by atoms with E-state index in [1.54, 1.807) is 12.1 Å². The molecule has 0 spiro atoms. The summed E-state index contributed by atoms with van der Waals surface area (Å²) in [7, 11) is 0. The fourth-order valence-corrected chi connectivity index (χ4v) is 4.15. The fourth-order valence-electron chi connectivity index (χ4n) is 4.15. The number of fused-ring (bicyclic) bond motifs is 1. The number of hydrogen-bond donors (Lipinski definition) is 2.